The summed E-state index contributed by atoms with van der Waals surface area (Å²) in [5, 5.41) is 2.00. The lowest BCUT2D eigenvalue weighted by molar-refractivity contribution is -0.130. The Morgan fingerprint density at radius 1 is 1.32 bits per heavy atom. The van der Waals surface area contributed by atoms with Crippen LogP contribution in [0.4, 0.5) is 0 Å². The summed E-state index contributed by atoms with van der Waals surface area (Å²) >= 11 is 1.68. The molecule has 1 atom stereocenters. The Balaban J connectivity index is 0.00000136. The fourth-order valence-corrected chi connectivity index (χ4v) is 5.08. The molecule has 0 saturated heterocycles. The number of carbonyl (C=O) groups is 2. The number of amides is 2. The zero-order chi connectivity index (χ0) is 20.7. The average molecular weight is 408 g/mol. The molecule has 0 bridgehead atoms. The molecule has 0 aromatic carbocycles. The van der Waals surface area contributed by atoms with E-state index in [1.807, 2.05) is 42.1 Å². The number of nitrogens with two attached hydrogens (primary N) is 1. The van der Waals surface area contributed by atoms with Crippen LogP contribution in [0.1, 0.15) is 81.0 Å². The van der Waals surface area contributed by atoms with E-state index in [-0.39, 0.29) is 17.9 Å². The van der Waals surface area contributed by atoms with Crippen molar-refractivity contribution in [1.82, 2.24) is 9.80 Å². The summed E-state index contributed by atoms with van der Waals surface area (Å²) in [5.41, 5.74) is 7.27. The summed E-state index contributed by atoms with van der Waals surface area (Å²) in [6.07, 6.45) is 6.59. The van der Waals surface area contributed by atoms with Crippen LogP contribution in [0, 0.1) is 5.92 Å². The Morgan fingerprint density at radius 2 is 2.00 bits per heavy atom. The number of nitrogens with zero attached hydrogens (tertiary/aromatic N) is 2. The molecule has 6 heteroatoms. The van der Waals surface area contributed by atoms with Gasteiger partial charge in [-0.1, -0.05) is 27.2 Å². The first-order valence-corrected chi connectivity index (χ1v) is 11.8. The van der Waals surface area contributed by atoms with Crippen molar-refractivity contribution in [3.8, 4) is 0 Å². The van der Waals surface area contributed by atoms with E-state index in [9.17, 15) is 9.59 Å². The molecule has 0 spiro atoms. The molecule has 1 unspecified atom stereocenters. The third-order valence-electron chi connectivity index (χ3n) is 6.02. The molecule has 1 aromatic heterocycles. The Bertz CT molecular complexity index is 637. The monoisotopic (exact) mass is 407 g/mol. The molecular formula is C22H37N3O2S. The van der Waals surface area contributed by atoms with E-state index >= 15 is 0 Å². The van der Waals surface area contributed by atoms with Crippen LogP contribution >= 0.6 is 11.3 Å². The molecule has 1 saturated carbocycles. The topological polar surface area (TPSA) is 66.6 Å². The van der Waals surface area contributed by atoms with Crippen LogP contribution in [0.15, 0.2) is 11.4 Å². The first-order chi connectivity index (χ1) is 13.5. The number of thiophene rings is 1. The van der Waals surface area contributed by atoms with Crippen molar-refractivity contribution in [1.29, 1.82) is 0 Å². The second-order valence-corrected chi connectivity index (χ2v) is 8.80. The molecule has 5 nitrogen and oxygen atoms in total. The highest BCUT2D eigenvalue weighted by Crippen LogP contribution is 2.36. The number of unbranched alkanes of at least 4 members (excludes halogenated alkanes) is 1. The molecule has 1 aliphatic heterocycles. The minimum absolute atomic E-state index is 0.0663. The van der Waals surface area contributed by atoms with Gasteiger partial charge in [0.25, 0.3) is 5.91 Å². The number of fused-ring (bicyclic) bond motifs is 1. The van der Waals surface area contributed by atoms with Crippen LogP contribution in [0.5, 0.6) is 0 Å². The van der Waals surface area contributed by atoms with Gasteiger partial charge in [-0.15, -0.1) is 11.3 Å². The molecule has 2 heterocycles. The third kappa shape index (κ3) is 5.35. The van der Waals surface area contributed by atoms with E-state index in [1.165, 1.54) is 4.88 Å². The first kappa shape index (κ1) is 22.9. The normalized spacial score (nSPS) is 22.3. The fourth-order valence-electron chi connectivity index (χ4n) is 4.22. The van der Waals surface area contributed by atoms with Crippen LogP contribution < -0.4 is 5.73 Å². The van der Waals surface area contributed by atoms with Crippen LogP contribution in [0.3, 0.4) is 0 Å². The van der Waals surface area contributed by atoms with Gasteiger partial charge < -0.3 is 15.5 Å². The van der Waals surface area contributed by atoms with Gasteiger partial charge in [0.1, 0.15) is 0 Å². The van der Waals surface area contributed by atoms with Gasteiger partial charge in [0.05, 0.1) is 12.1 Å². The average Bonchev–Trinajstić information content (AvgIpc) is 3.30. The molecule has 2 amide bonds. The van der Waals surface area contributed by atoms with E-state index in [2.05, 4.69) is 6.92 Å². The first-order valence-electron chi connectivity index (χ1n) is 10.9. The van der Waals surface area contributed by atoms with E-state index < -0.39 is 0 Å². The fraction of sp³-hybridized carbons (Fsp3) is 0.727. The van der Waals surface area contributed by atoms with Gasteiger partial charge in [-0.25, -0.2) is 0 Å². The van der Waals surface area contributed by atoms with Gasteiger partial charge in [0.2, 0.25) is 5.91 Å². The molecule has 0 radical (unpaired) electrons. The molecule has 1 aromatic rings. The lowest BCUT2D eigenvalue weighted by Gasteiger charge is -2.36. The molecule has 3 rings (SSSR count). The minimum atomic E-state index is -0.0663. The maximum atomic E-state index is 12.5. The van der Waals surface area contributed by atoms with Gasteiger partial charge in [0.15, 0.2) is 0 Å². The summed E-state index contributed by atoms with van der Waals surface area (Å²) < 4.78 is 0. The molecular weight excluding hydrogens is 370 g/mol. The van der Waals surface area contributed by atoms with Crippen LogP contribution in [-0.4, -0.2) is 47.3 Å². The number of rotatable bonds is 7. The summed E-state index contributed by atoms with van der Waals surface area (Å²) in [6, 6.07) is 2.21. The highest BCUT2D eigenvalue weighted by Gasteiger charge is 2.36. The second-order valence-electron chi connectivity index (χ2n) is 7.80. The summed E-state index contributed by atoms with van der Waals surface area (Å²) in [6.45, 7) is 7.72. The number of carbonyl (C=O) groups excluding carboxylic acids is 2. The second kappa shape index (κ2) is 11.0. The van der Waals surface area contributed by atoms with Crippen LogP contribution in [0.2, 0.25) is 0 Å². The molecule has 28 heavy (non-hydrogen) atoms. The quantitative estimate of drug-likeness (QED) is 0.734. The van der Waals surface area contributed by atoms with Crippen molar-refractivity contribution < 1.29 is 9.59 Å². The summed E-state index contributed by atoms with van der Waals surface area (Å²) in [5.74, 6) is 0.746. The van der Waals surface area contributed by atoms with Crippen molar-refractivity contribution in [3.05, 3.63) is 21.9 Å². The van der Waals surface area contributed by atoms with E-state index in [4.69, 9.17) is 5.73 Å². The maximum Gasteiger partial charge on any atom is 0.255 e. The van der Waals surface area contributed by atoms with Crippen LogP contribution in [-0.2, 0) is 11.3 Å². The van der Waals surface area contributed by atoms with Gasteiger partial charge in [-0.05, 0) is 49.5 Å². The van der Waals surface area contributed by atoms with Crippen molar-refractivity contribution in [2.24, 2.45) is 11.7 Å². The summed E-state index contributed by atoms with van der Waals surface area (Å²) in [4.78, 5) is 29.9. The Labute approximate surface area is 174 Å². The maximum absolute atomic E-state index is 12.5. The Hall–Kier alpha value is -1.40. The van der Waals surface area contributed by atoms with E-state index in [1.54, 1.807) is 11.3 Å². The largest absolute Gasteiger partial charge is 0.346 e. The lowest BCUT2D eigenvalue weighted by atomic mass is 9.80. The highest BCUT2D eigenvalue weighted by molar-refractivity contribution is 7.10. The van der Waals surface area contributed by atoms with Gasteiger partial charge >= 0.3 is 0 Å². The van der Waals surface area contributed by atoms with Crippen molar-refractivity contribution in [2.75, 3.05) is 13.6 Å². The van der Waals surface area contributed by atoms with Crippen LogP contribution in [0.25, 0.3) is 0 Å². The Morgan fingerprint density at radius 3 is 2.61 bits per heavy atom. The molecule has 158 valence electrons. The SMILES string of the molecule is CC.CCCCN(C)C(=O)CC(N)C1CCC(N2Cc3sccc3C2=O)CC1. The highest BCUT2D eigenvalue weighted by atomic mass is 32.1. The summed E-state index contributed by atoms with van der Waals surface area (Å²) in [7, 11) is 1.87. The van der Waals surface area contributed by atoms with Crippen molar-refractivity contribution >= 4 is 23.2 Å². The van der Waals surface area contributed by atoms with Crippen molar-refractivity contribution in [2.45, 2.75) is 84.3 Å². The number of hydrogen-bond donors (Lipinski definition) is 1. The van der Waals surface area contributed by atoms with Crippen molar-refractivity contribution in [3.63, 3.8) is 0 Å². The standard InChI is InChI=1S/C20H31N3O2S.C2H6/c1-3-4-10-22(2)19(24)12-17(21)14-5-7-15(8-6-14)23-13-18-16(20(23)25)9-11-26-18;1-2/h9,11,14-15,17H,3-8,10,12-13,21H2,1-2H3;1-2H3. The Kier molecular flexibility index (Phi) is 8.96. The zero-order valence-corrected chi connectivity index (χ0v) is 18.8. The van der Waals surface area contributed by atoms with Gasteiger partial charge in [-0.2, -0.15) is 0 Å². The number of hydrogen-bond acceptors (Lipinski definition) is 4. The van der Waals surface area contributed by atoms with Gasteiger partial charge in [-0.3, -0.25) is 9.59 Å². The van der Waals surface area contributed by atoms with Gasteiger partial charge in [0, 0.05) is 37.0 Å². The third-order valence-corrected chi connectivity index (χ3v) is 6.93. The molecule has 1 aliphatic carbocycles. The predicted molar refractivity (Wildman–Crippen MR) is 116 cm³/mol. The lowest BCUT2D eigenvalue weighted by Crippen LogP contribution is -2.43. The van der Waals surface area contributed by atoms with E-state index in [0.29, 0.717) is 18.4 Å². The molecule has 2 aliphatic rings. The smallest absolute Gasteiger partial charge is 0.255 e. The molecule has 1 fully saturated rings. The zero-order valence-electron chi connectivity index (χ0n) is 17.9. The van der Waals surface area contributed by atoms with E-state index in [0.717, 1.165) is 57.2 Å². The molecule has 2 N–H and O–H groups in total. The predicted octanol–water partition coefficient (Wildman–Crippen LogP) is 4.26. The minimum Gasteiger partial charge on any atom is -0.346 e.